The Balaban J connectivity index is 2.89. The zero-order chi connectivity index (χ0) is 13.5. The van der Waals surface area contributed by atoms with Gasteiger partial charge >= 0.3 is 0 Å². The molecule has 100 valence electrons. The number of para-hydroxylation sites is 1. The molecule has 1 aromatic carbocycles. The van der Waals surface area contributed by atoms with Crippen LogP contribution in [0, 0.1) is 0 Å². The summed E-state index contributed by atoms with van der Waals surface area (Å²) in [5.41, 5.74) is 0.401. The van der Waals surface area contributed by atoms with Gasteiger partial charge in [-0.25, -0.2) is 0 Å². The molecule has 0 radical (unpaired) electrons. The van der Waals surface area contributed by atoms with E-state index in [1.165, 1.54) is 13.3 Å². The fourth-order valence-electron chi connectivity index (χ4n) is 1.37. The van der Waals surface area contributed by atoms with Crippen LogP contribution >= 0.6 is 0 Å². The predicted octanol–water partition coefficient (Wildman–Crippen LogP) is -0.466. The van der Waals surface area contributed by atoms with Crippen molar-refractivity contribution in [3.05, 3.63) is 23.8 Å². The van der Waals surface area contributed by atoms with Crippen LogP contribution in [-0.4, -0.2) is 59.1 Å². The van der Waals surface area contributed by atoms with Crippen LogP contribution in [-0.2, 0) is 0 Å². The maximum Gasteiger partial charge on any atom is 0.166 e. The molecule has 2 unspecified atom stereocenters. The number of hydrogen-bond donors (Lipinski definition) is 4. The minimum Gasteiger partial charge on any atom is -0.504 e. The fraction of sp³-hybridized carbons (Fsp3) is 0.417. The maximum atomic E-state index is 9.78. The number of hydrogen-bond acceptors (Lipinski definition) is 6. The van der Waals surface area contributed by atoms with Crippen LogP contribution in [0.3, 0.4) is 0 Å². The Morgan fingerprint density at radius 1 is 1.33 bits per heavy atom. The number of aromatic hydroxyl groups is 1. The first-order chi connectivity index (χ1) is 8.63. The summed E-state index contributed by atoms with van der Waals surface area (Å²) >= 11 is 0. The van der Waals surface area contributed by atoms with Crippen molar-refractivity contribution in [2.75, 3.05) is 20.3 Å². The number of phenols is 1. The topological polar surface area (TPSA) is 103 Å². The molecule has 0 amide bonds. The van der Waals surface area contributed by atoms with Gasteiger partial charge in [-0.05, 0) is 12.1 Å². The van der Waals surface area contributed by atoms with E-state index < -0.39 is 25.4 Å². The maximum absolute atomic E-state index is 9.78. The normalized spacial score (nSPS) is 14.7. The van der Waals surface area contributed by atoms with Crippen molar-refractivity contribution in [3.63, 3.8) is 0 Å². The lowest BCUT2D eigenvalue weighted by atomic mass is 10.1. The van der Waals surface area contributed by atoms with Crippen LogP contribution in [0.5, 0.6) is 11.5 Å². The zero-order valence-electron chi connectivity index (χ0n) is 10.0. The van der Waals surface area contributed by atoms with Crippen molar-refractivity contribution in [3.8, 4) is 11.5 Å². The summed E-state index contributed by atoms with van der Waals surface area (Å²) < 4.78 is 4.94. The van der Waals surface area contributed by atoms with Gasteiger partial charge in [0.2, 0.25) is 0 Å². The Morgan fingerprint density at radius 3 is 2.61 bits per heavy atom. The van der Waals surface area contributed by atoms with Gasteiger partial charge in [0.25, 0.3) is 0 Å². The molecule has 0 saturated heterocycles. The molecule has 1 rings (SSSR count). The Kier molecular flexibility index (Phi) is 5.57. The van der Waals surface area contributed by atoms with E-state index in [0.29, 0.717) is 11.3 Å². The monoisotopic (exact) mass is 255 g/mol. The van der Waals surface area contributed by atoms with Crippen LogP contribution < -0.4 is 4.74 Å². The molecule has 1 aromatic rings. The van der Waals surface area contributed by atoms with E-state index in [1.54, 1.807) is 18.2 Å². The van der Waals surface area contributed by atoms with Crippen LogP contribution in [0.25, 0.3) is 0 Å². The molecule has 0 aliphatic rings. The number of aliphatic hydroxyl groups excluding tert-OH is 3. The molecular formula is C12H17NO5. The summed E-state index contributed by atoms with van der Waals surface area (Å²) in [6, 6.07) is 4.05. The van der Waals surface area contributed by atoms with E-state index in [-0.39, 0.29) is 5.75 Å². The van der Waals surface area contributed by atoms with E-state index in [2.05, 4.69) is 4.99 Å². The molecule has 0 aliphatic heterocycles. The highest BCUT2D eigenvalue weighted by atomic mass is 16.5. The largest absolute Gasteiger partial charge is 0.504 e. The van der Waals surface area contributed by atoms with Gasteiger partial charge in [-0.1, -0.05) is 6.07 Å². The number of nitrogens with zero attached hydrogens (tertiary/aromatic N) is 1. The molecular weight excluding hydrogens is 238 g/mol. The van der Waals surface area contributed by atoms with Crippen LogP contribution in [0.15, 0.2) is 23.2 Å². The standard InChI is InChI=1S/C12H17NO5/c1-18-11-4-2-3-8(12(11)17)5-13-9(6-14)10(16)7-15/h2-5,9-10,14-17H,6-7H2,1H3. The van der Waals surface area contributed by atoms with Crippen LogP contribution in [0.2, 0.25) is 0 Å². The minimum absolute atomic E-state index is 0.0704. The first-order valence-corrected chi connectivity index (χ1v) is 5.43. The second kappa shape index (κ2) is 6.95. The Morgan fingerprint density at radius 2 is 2.06 bits per heavy atom. The van der Waals surface area contributed by atoms with Gasteiger partial charge in [-0.3, -0.25) is 4.99 Å². The average molecular weight is 255 g/mol. The highest BCUT2D eigenvalue weighted by Gasteiger charge is 2.15. The third-order valence-corrected chi connectivity index (χ3v) is 2.47. The second-order valence-corrected chi connectivity index (χ2v) is 3.68. The smallest absolute Gasteiger partial charge is 0.166 e. The van der Waals surface area contributed by atoms with Crippen molar-refractivity contribution >= 4 is 6.21 Å². The van der Waals surface area contributed by atoms with Crippen LogP contribution in [0.4, 0.5) is 0 Å². The molecule has 0 aromatic heterocycles. The molecule has 18 heavy (non-hydrogen) atoms. The van der Waals surface area contributed by atoms with Crippen molar-refractivity contribution < 1.29 is 25.2 Å². The average Bonchev–Trinajstić information content (AvgIpc) is 2.40. The summed E-state index contributed by atoms with van der Waals surface area (Å²) in [6.45, 7) is -0.893. The van der Waals surface area contributed by atoms with E-state index in [1.807, 2.05) is 0 Å². The molecule has 0 aliphatic carbocycles. The van der Waals surface area contributed by atoms with Crippen molar-refractivity contribution in [2.45, 2.75) is 12.1 Å². The number of phenolic OH excluding ortho intramolecular Hbond substituents is 1. The molecule has 0 bridgehead atoms. The second-order valence-electron chi connectivity index (χ2n) is 3.68. The van der Waals surface area contributed by atoms with Crippen molar-refractivity contribution in [1.29, 1.82) is 0 Å². The van der Waals surface area contributed by atoms with Gasteiger partial charge in [0.15, 0.2) is 11.5 Å². The van der Waals surface area contributed by atoms with Gasteiger partial charge in [0.05, 0.1) is 20.3 Å². The Bertz CT molecular complexity index is 407. The lowest BCUT2D eigenvalue weighted by Gasteiger charge is -2.14. The summed E-state index contributed by atoms with van der Waals surface area (Å²) in [5.74, 6) is 0.237. The SMILES string of the molecule is COc1cccc(C=NC(CO)C(O)CO)c1O. The number of benzene rings is 1. The Hall–Kier alpha value is -1.63. The van der Waals surface area contributed by atoms with Gasteiger partial charge < -0.3 is 25.2 Å². The highest BCUT2D eigenvalue weighted by Crippen LogP contribution is 2.28. The molecule has 2 atom stereocenters. The van der Waals surface area contributed by atoms with Crippen molar-refractivity contribution in [2.24, 2.45) is 4.99 Å². The lowest BCUT2D eigenvalue weighted by Crippen LogP contribution is -2.31. The van der Waals surface area contributed by atoms with E-state index in [9.17, 15) is 10.2 Å². The van der Waals surface area contributed by atoms with Gasteiger partial charge in [0.1, 0.15) is 12.1 Å². The van der Waals surface area contributed by atoms with Gasteiger partial charge in [-0.2, -0.15) is 0 Å². The Labute approximate surface area is 105 Å². The summed E-state index contributed by atoms with van der Waals surface area (Å²) in [5, 5.41) is 36.9. The van der Waals surface area contributed by atoms with E-state index >= 15 is 0 Å². The van der Waals surface area contributed by atoms with Gasteiger partial charge in [-0.15, -0.1) is 0 Å². The third-order valence-electron chi connectivity index (χ3n) is 2.47. The molecule has 4 N–H and O–H groups in total. The number of aliphatic imine (C=N–C) groups is 1. The molecule has 6 nitrogen and oxygen atoms in total. The third kappa shape index (κ3) is 3.43. The lowest BCUT2D eigenvalue weighted by molar-refractivity contribution is 0.0559. The number of methoxy groups -OCH3 is 1. The van der Waals surface area contributed by atoms with E-state index in [0.717, 1.165) is 0 Å². The first kappa shape index (κ1) is 14.4. The molecule has 0 heterocycles. The minimum atomic E-state index is -1.14. The van der Waals surface area contributed by atoms with Gasteiger partial charge in [0, 0.05) is 11.8 Å². The highest BCUT2D eigenvalue weighted by molar-refractivity contribution is 5.84. The summed E-state index contributed by atoms with van der Waals surface area (Å²) in [6.07, 6.45) is 0.177. The molecule has 0 fully saturated rings. The molecule has 0 saturated carbocycles. The number of ether oxygens (including phenoxy) is 1. The summed E-state index contributed by atoms with van der Waals surface area (Å²) in [4.78, 5) is 3.92. The zero-order valence-corrected chi connectivity index (χ0v) is 10.0. The molecule has 0 spiro atoms. The first-order valence-electron chi connectivity index (χ1n) is 5.43. The molecule has 6 heteroatoms. The number of rotatable bonds is 6. The van der Waals surface area contributed by atoms with Crippen LogP contribution in [0.1, 0.15) is 5.56 Å². The van der Waals surface area contributed by atoms with Crippen molar-refractivity contribution in [1.82, 2.24) is 0 Å². The fourth-order valence-corrected chi connectivity index (χ4v) is 1.37. The summed E-state index contributed by atoms with van der Waals surface area (Å²) in [7, 11) is 1.43. The van der Waals surface area contributed by atoms with E-state index in [4.69, 9.17) is 14.9 Å². The predicted molar refractivity (Wildman–Crippen MR) is 66.2 cm³/mol. The number of aliphatic hydroxyl groups is 3. The quantitative estimate of drug-likeness (QED) is 0.515.